The first kappa shape index (κ1) is 21.4. The van der Waals surface area contributed by atoms with Crippen molar-refractivity contribution in [2.45, 2.75) is 37.9 Å². The Morgan fingerprint density at radius 3 is 2.59 bits per heavy atom. The van der Waals surface area contributed by atoms with Gasteiger partial charge in [0, 0.05) is 27.7 Å². The number of amides is 1. The van der Waals surface area contributed by atoms with Gasteiger partial charge in [-0.2, -0.15) is 5.10 Å². The van der Waals surface area contributed by atoms with Crippen molar-refractivity contribution < 1.29 is 13.6 Å². The fraction of sp³-hybridized carbons (Fsp3) is 0.269. The number of fused-ring (bicyclic) bond motifs is 2. The van der Waals surface area contributed by atoms with Crippen LogP contribution < -0.4 is 0 Å². The van der Waals surface area contributed by atoms with Gasteiger partial charge in [0.15, 0.2) is 5.65 Å². The van der Waals surface area contributed by atoms with Crippen molar-refractivity contribution in [2.75, 3.05) is 6.54 Å². The highest BCUT2D eigenvalue weighted by atomic mass is 79.9. The molecule has 0 N–H and O–H groups in total. The molecule has 0 radical (unpaired) electrons. The molecule has 2 atom stereocenters. The molecule has 0 bridgehead atoms. The van der Waals surface area contributed by atoms with Crippen LogP contribution in [-0.4, -0.2) is 31.9 Å². The molecule has 6 rings (SSSR count). The van der Waals surface area contributed by atoms with Crippen molar-refractivity contribution in [1.29, 1.82) is 0 Å². The summed E-state index contributed by atoms with van der Waals surface area (Å²) in [6.45, 7) is 1.90. The summed E-state index contributed by atoms with van der Waals surface area (Å²) in [6, 6.07) is 15.3. The van der Waals surface area contributed by atoms with Crippen molar-refractivity contribution in [2.24, 2.45) is 0 Å². The van der Waals surface area contributed by atoms with Crippen LogP contribution in [0.25, 0.3) is 16.9 Å². The highest BCUT2D eigenvalue weighted by molar-refractivity contribution is 9.10. The quantitative estimate of drug-likeness (QED) is 0.312. The molecule has 2 aliphatic rings. The molecular weight excluding hydrogens is 502 g/mol. The van der Waals surface area contributed by atoms with Gasteiger partial charge < -0.3 is 4.90 Å². The average Bonchev–Trinajstić information content (AvgIpc) is 3.59. The molecule has 2 unspecified atom stereocenters. The van der Waals surface area contributed by atoms with E-state index in [0.717, 1.165) is 24.1 Å². The normalized spacial score (nSPS) is 19.9. The second kappa shape index (κ2) is 7.98. The SMILES string of the molecule is CC1c2ccccc2C(F)CN1C(=O)c1cc(C2CC2)n2nc(-c3ccc(Br)cc3F)cc2n1. The van der Waals surface area contributed by atoms with Crippen molar-refractivity contribution in [3.63, 3.8) is 0 Å². The Morgan fingerprint density at radius 2 is 1.85 bits per heavy atom. The summed E-state index contributed by atoms with van der Waals surface area (Å²) in [5, 5.41) is 4.62. The number of carbonyl (C=O) groups is 1. The number of alkyl halides is 1. The number of aromatic nitrogens is 3. The third-order valence-electron chi connectivity index (χ3n) is 6.75. The summed E-state index contributed by atoms with van der Waals surface area (Å²) in [5.74, 6) is -0.434. The molecule has 0 spiro atoms. The van der Waals surface area contributed by atoms with E-state index in [1.807, 2.05) is 25.1 Å². The minimum Gasteiger partial charge on any atom is -0.327 e. The summed E-state index contributed by atoms with van der Waals surface area (Å²) in [5.41, 5.74) is 3.88. The topological polar surface area (TPSA) is 50.5 Å². The number of hydrogen-bond acceptors (Lipinski definition) is 3. The highest BCUT2D eigenvalue weighted by Gasteiger charge is 2.35. The molecule has 1 saturated carbocycles. The van der Waals surface area contributed by atoms with Crippen molar-refractivity contribution >= 4 is 27.5 Å². The van der Waals surface area contributed by atoms with Gasteiger partial charge in [-0.3, -0.25) is 4.79 Å². The number of halogens is 3. The Balaban J connectivity index is 1.42. The van der Waals surface area contributed by atoms with Gasteiger partial charge in [0.25, 0.3) is 5.91 Å². The van der Waals surface area contributed by atoms with Gasteiger partial charge in [0.05, 0.1) is 18.3 Å². The third-order valence-corrected chi connectivity index (χ3v) is 7.24. The van der Waals surface area contributed by atoms with E-state index in [0.29, 0.717) is 26.9 Å². The molecule has 0 saturated heterocycles. The van der Waals surface area contributed by atoms with Gasteiger partial charge in [-0.1, -0.05) is 40.2 Å². The lowest BCUT2D eigenvalue weighted by Gasteiger charge is -2.36. The van der Waals surface area contributed by atoms with Crippen LogP contribution >= 0.6 is 15.9 Å². The molecular formula is C26H21BrF2N4O. The van der Waals surface area contributed by atoms with Crippen LogP contribution in [0.5, 0.6) is 0 Å². The lowest BCUT2D eigenvalue weighted by atomic mass is 9.92. The van der Waals surface area contributed by atoms with Gasteiger partial charge in [-0.05, 0) is 55.2 Å². The van der Waals surface area contributed by atoms with Gasteiger partial charge >= 0.3 is 0 Å². The molecule has 2 aromatic carbocycles. The van der Waals surface area contributed by atoms with E-state index >= 15 is 0 Å². The summed E-state index contributed by atoms with van der Waals surface area (Å²) < 4.78 is 31.9. The first-order valence-electron chi connectivity index (χ1n) is 11.3. The Hall–Kier alpha value is -3.13. The summed E-state index contributed by atoms with van der Waals surface area (Å²) in [6.07, 6.45) is 0.744. The van der Waals surface area contributed by atoms with E-state index in [1.165, 1.54) is 6.07 Å². The van der Waals surface area contributed by atoms with Gasteiger partial charge in [-0.15, -0.1) is 0 Å². The maximum Gasteiger partial charge on any atom is 0.273 e. The maximum absolute atomic E-state index is 14.9. The summed E-state index contributed by atoms with van der Waals surface area (Å²) in [7, 11) is 0. The number of benzene rings is 2. The zero-order valence-corrected chi connectivity index (χ0v) is 20.0. The molecule has 3 heterocycles. The van der Waals surface area contributed by atoms with E-state index in [4.69, 9.17) is 0 Å². The third kappa shape index (κ3) is 3.52. The lowest BCUT2D eigenvalue weighted by Crippen LogP contribution is -2.40. The predicted molar refractivity (Wildman–Crippen MR) is 128 cm³/mol. The fourth-order valence-corrected chi connectivity index (χ4v) is 5.12. The summed E-state index contributed by atoms with van der Waals surface area (Å²) in [4.78, 5) is 19.7. The highest BCUT2D eigenvalue weighted by Crippen LogP contribution is 2.41. The molecule has 1 aliphatic carbocycles. The minimum atomic E-state index is -1.25. The molecule has 1 aliphatic heterocycles. The predicted octanol–water partition coefficient (Wildman–Crippen LogP) is 6.40. The second-order valence-corrected chi connectivity index (χ2v) is 9.91. The van der Waals surface area contributed by atoms with Gasteiger partial charge in [-0.25, -0.2) is 18.3 Å². The molecule has 1 amide bonds. The molecule has 1 fully saturated rings. The maximum atomic E-state index is 14.9. The Labute approximate surface area is 203 Å². The van der Waals surface area contributed by atoms with Crippen LogP contribution in [0.15, 0.2) is 59.1 Å². The van der Waals surface area contributed by atoms with Crippen LogP contribution in [0.3, 0.4) is 0 Å². The molecule has 5 nitrogen and oxygen atoms in total. The first-order chi connectivity index (χ1) is 16.4. The van der Waals surface area contributed by atoms with Crippen molar-refractivity contribution in [1.82, 2.24) is 19.5 Å². The number of nitrogens with zero attached hydrogens (tertiary/aromatic N) is 4. The zero-order valence-electron chi connectivity index (χ0n) is 18.4. The van der Waals surface area contributed by atoms with E-state index < -0.39 is 12.0 Å². The largest absolute Gasteiger partial charge is 0.327 e. The van der Waals surface area contributed by atoms with Crippen LogP contribution in [0, 0.1) is 5.82 Å². The molecule has 4 aromatic rings. The van der Waals surface area contributed by atoms with E-state index in [9.17, 15) is 13.6 Å². The first-order valence-corrected chi connectivity index (χ1v) is 12.1. The van der Waals surface area contributed by atoms with E-state index in [1.54, 1.807) is 39.7 Å². The van der Waals surface area contributed by atoms with Gasteiger partial charge in [0.2, 0.25) is 0 Å². The van der Waals surface area contributed by atoms with Crippen molar-refractivity contribution in [3.8, 4) is 11.3 Å². The molecule has 8 heteroatoms. The zero-order chi connectivity index (χ0) is 23.6. The lowest BCUT2D eigenvalue weighted by molar-refractivity contribution is 0.0585. The van der Waals surface area contributed by atoms with Crippen LogP contribution in [0.4, 0.5) is 8.78 Å². The Morgan fingerprint density at radius 1 is 1.09 bits per heavy atom. The molecule has 34 heavy (non-hydrogen) atoms. The van der Waals surface area contributed by atoms with Crippen molar-refractivity contribution in [3.05, 3.63) is 87.4 Å². The number of carbonyl (C=O) groups excluding carboxylic acids is 1. The van der Waals surface area contributed by atoms with Gasteiger partial charge in [0.1, 0.15) is 17.7 Å². The monoisotopic (exact) mass is 522 g/mol. The van der Waals surface area contributed by atoms with Crippen LogP contribution in [0.2, 0.25) is 0 Å². The fourth-order valence-electron chi connectivity index (χ4n) is 4.79. The molecule has 2 aromatic heterocycles. The average molecular weight is 523 g/mol. The standard InChI is InChI=1S/C26H21BrF2N4O/c1-14-17-4-2-3-5-18(17)21(29)13-32(14)26(34)23-11-24(15-6-7-15)33-25(30-23)12-22(31-33)19-9-8-16(27)10-20(19)28/h2-5,8-12,14-15,21H,6-7,13H2,1H3. The smallest absolute Gasteiger partial charge is 0.273 e. The number of hydrogen-bond donors (Lipinski definition) is 0. The molecule has 172 valence electrons. The number of rotatable bonds is 3. The second-order valence-electron chi connectivity index (χ2n) is 8.99. The van der Waals surface area contributed by atoms with E-state index in [2.05, 4.69) is 26.0 Å². The Bertz CT molecular complexity index is 1450. The summed E-state index contributed by atoms with van der Waals surface area (Å²) >= 11 is 3.28. The van der Waals surface area contributed by atoms with Crippen LogP contribution in [0.1, 0.15) is 65.2 Å². The Kier molecular flexibility index (Phi) is 5.02. The van der Waals surface area contributed by atoms with Crippen LogP contribution in [-0.2, 0) is 0 Å². The minimum absolute atomic E-state index is 0.0166. The van der Waals surface area contributed by atoms with E-state index in [-0.39, 0.29) is 30.1 Å².